The highest BCUT2D eigenvalue weighted by Gasteiger charge is 2.57. The van der Waals surface area contributed by atoms with Crippen LogP contribution in [0, 0.1) is 0 Å². The third kappa shape index (κ3) is 3.64. The molecule has 7 nitrogen and oxygen atoms in total. The first-order valence-electron chi connectivity index (χ1n) is 10.3. The molecule has 164 valence electrons. The average Bonchev–Trinajstić information content (AvgIpc) is 3.22. The van der Waals surface area contributed by atoms with Gasteiger partial charge in [0.25, 0.3) is 5.89 Å². The zero-order valence-electron chi connectivity index (χ0n) is 18.1. The highest BCUT2D eigenvalue weighted by Crippen LogP contribution is 2.45. The number of nitrogens with one attached hydrogen (secondary N) is 1. The van der Waals surface area contributed by atoms with Crippen molar-refractivity contribution in [2.24, 2.45) is 0 Å². The Labute approximate surface area is 180 Å². The number of halogens is 1. The minimum atomic E-state index is -1.92. The molecule has 1 fully saturated rings. The highest BCUT2D eigenvalue weighted by atomic mass is 19.1. The van der Waals surface area contributed by atoms with Crippen LogP contribution in [0.15, 0.2) is 47.2 Å². The normalized spacial score (nSPS) is 17.9. The zero-order valence-corrected chi connectivity index (χ0v) is 18.1. The molecule has 0 spiro atoms. The molecular formula is C23H27FN4O3. The van der Waals surface area contributed by atoms with Crippen molar-refractivity contribution in [1.29, 1.82) is 0 Å². The van der Waals surface area contributed by atoms with Crippen molar-refractivity contribution in [3.8, 4) is 11.4 Å². The molecule has 31 heavy (non-hydrogen) atoms. The average molecular weight is 426 g/mol. The Morgan fingerprint density at radius 3 is 2.29 bits per heavy atom. The monoisotopic (exact) mass is 426 g/mol. The van der Waals surface area contributed by atoms with Gasteiger partial charge in [0.15, 0.2) is 11.3 Å². The van der Waals surface area contributed by atoms with Gasteiger partial charge in [-0.25, -0.2) is 4.39 Å². The van der Waals surface area contributed by atoms with E-state index in [1.807, 2.05) is 12.1 Å². The largest absolute Gasteiger partial charge is 0.381 e. The summed E-state index contributed by atoms with van der Waals surface area (Å²) in [6.07, 6.45) is 2.96. The predicted molar refractivity (Wildman–Crippen MR) is 113 cm³/mol. The van der Waals surface area contributed by atoms with Gasteiger partial charge >= 0.3 is 0 Å². The fourth-order valence-electron chi connectivity index (χ4n) is 3.74. The van der Waals surface area contributed by atoms with E-state index in [-0.39, 0.29) is 24.8 Å². The lowest BCUT2D eigenvalue weighted by molar-refractivity contribution is -0.108. The molecule has 2 aromatic heterocycles. The predicted octanol–water partition coefficient (Wildman–Crippen LogP) is 3.03. The standard InChI is InChI=1S/C23H27FN4O3/c1-14(2)15-5-7-17(8-6-15)23(30,22(24)12-26-13-22)18-9-16(10-25-11-18)19-27-20(31-28-19)21(3,4)29/h5-11,14,26,29-30H,12-13H2,1-4H3/t23-/m0/s1. The lowest BCUT2D eigenvalue weighted by Crippen LogP contribution is -2.68. The Bertz CT molecular complexity index is 1070. The van der Waals surface area contributed by atoms with Crippen LogP contribution in [0.25, 0.3) is 11.4 Å². The molecule has 0 unspecified atom stereocenters. The van der Waals surface area contributed by atoms with Crippen LogP contribution in [-0.4, -0.2) is 44.1 Å². The van der Waals surface area contributed by atoms with Gasteiger partial charge in [-0.2, -0.15) is 4.98 Å². The van der Waals surface area contributed by atoms with Crippen LogP contribution in [0.4, 0.5) is 4.39 Å². The smallest absolute Gasteiger partial charge is 0.258 e. The van der Waals surface area contributed by atoms with E-state index in [2.05, 4.69) is 34.3 Å². The Morgan fingerprint density at radius 2 is 1.77 bits per heavy atom. The molecule has 1 aliphatic heterocycles. The Hall–Kier alpha value is -2.68. The van der Waals surface area contributed by atoms with Crippen LogP contribution in [0.3, 0.4) is 0 Å². The van der Waals surface area contributed by atoms with Crippen LogP contribution in [0.1, 0.15) is 56.2 Å². The molecule has 3 aromatic rings. The first-order valence-corrected chi connectivity index (χ1v) is 10.3. The van der Waals surface area contributed by atoms with Crippen molar-refractivity contribution < 1.29 is 19.1 Å². The number of hydrogen-bond acceptors (Lipinski definition) is 7. The number of pyridine rings is 1. The molecule has 8 heteroatoms. The fourth-order valence-corrected chi connectivity index (χ4v) is 3.74. The van der Waals surface area contributed by atoms with Crippen molar-refractivity contribution in [2.45, 2.75) is 50.5 Å². The zero-order chi connectivity index (χ0) is 22.4. The van der Waals surface area contributed by atoms with Crippen molar-refractivity contribution in [2.75, 3.05) is 13.1 Å². The van der Waals surface area contributed by atoms with Gasteiger partial charge in [0.05, 0.1) is 0 Å². The molecule has 3 heterocycles. The minimum Gasteiger partial charge on any atom is -0.381 e. The fraction of sp³-hybridized carbons (Fsp3) is 0.435. The first kappa shape index (κ1) is 21.5. The second-order valence-corrected chi connectivity index (χ2v) is 9.00. The number of benzene rings is 1. The maximum Gasteiger partial charge on any atom is 0.258 e. The first-order chi connectivity index (χ1) is 14.5. The maximum absolute atomic E-state index is 15.9. The van der Waals surface area contributed by atoms with Crippen LogP contribution in [-0.2, 0) is 11.2 Å². The number of nitrogens with zero attached hydrogens (tertiary/aromatic N) is 3. The summed E-state index contributed by atoms with van der Waals surface area (Å²) in [4.78, 5) is 8.43. The summed E-state index contributed by atoms with van der Waals surface area (Å²) >= 11 is 0. The summed E-state index contributed by atoms with van der Waals surface area (Å²) in [5.74, 6) is 0.571. The van der Waals surface area contributed by atoms with Gasteiger partial charge in [0.1, 0.15) is 5.60 Å². The molecule has 0 amide bonds. The van der Waals surface area contributed by atoms with E-state index < -0.39 is 16.9 Å². The topological polar surface area (TPSA) is 104 Å². The molecule has 4 rings (SSSR count). The van der Waals surface area contributed by atoms with Crippen molar-refractivity contribution in [3.63, 3.8) is 0 Å². The molecule has 1 atom stereocenters. The minimum absolute atomic E-state index is 0.0186. The second kappa shape index (κ2) is 7.47. The Morgan fingerprint density at radius 1 is 1.10 bits per heavy atom. The van der Waals surface area contributed by atoms with E-state index in [1.54, 1.807) is 18.2 Å². The summed E-state index contributed by atoms with van der Waals surface area (Å²) in [5.41, 5.74) is -2.82. The summed E-state index contributed by atoms with van der Waals surface area (Å²) in [5, 5.41) is 28.7. The van der Waals surface area contributed by atoms with Gasteiger partial charge in [-0.15, -0.1) is 0 Å². The van der Waals surface area contributed by atoms with Crippen molar-refractivity contribution in [3.05, 3.63) is 65.3 Å². The molecule has 0 radical (unpaired) electrons. The molecular weight excluding hydrogens is 399 g/mol. The van der Waals surface area contributed by atoms with Crippen LogP contribution in [0.2, 0.25) is 0 Å². The lowest BCUT2D eigenvalue weighted by Gasteiger charge is -2.48. The third-order valence-corrected chi connectivity index (χ3v) is 5.82. The van der Waals surface area contributed by atoms with Gasteiger partial charge < -0.3 is 20.1 Å². The van der Waals surface area contributed by atoms with E-state index in [1.165, 1.54) is 26.2 Å². The number of aromatic nitrogens is 3. The van der Waals surface area contributed by atoms with Crippen molar-refractivity contribution >= 4 is 0 Å². The van der Waals surface area contributed by atoms with E-state index in [4.69, 9.17) is 4.52 Å². The maximum atomic E-state index is 15.9. The lowest BCUT2D eigenvalue weighted by atomic mass is 9.71. The second-order valence-electron chi connectivity index (χ2n) is 9.00. The molecule has 0 bridgehead atoms. The number of aliphatic hydroxyl groups is 2. The van der Waals surface area contributed by atoms with Crippen LogP contribution >= 0.6 is 0 Å². The van der Waals surface area contributed by atoms with Gasteiger partial charge in [0, 0.05) is 36.6 Å². The highest BCUT2D eigenvalue weighted by molar-refractivity contribution is 5.56. The molecule has 1 aliphatic rings. The van der Waals surface area contributed by atoms with E-state index >= 15 is 4.39 Å². The van der Waals surface area contributed by atoms with E-state index in [0.717, 1.165) is 5.56 Å². The number of hydrogen-bond donors (Lipinski definition) is 3. The van der Waals surface area contributed by atoms with Gasteiger partial charge in [-0.3, -0.25) is 4.98 Å². The van der Waals surface area contributed by atoms with Crippen LogP contribution < -0.4 is 5.32 Å². The molecule has 3 N–H and O–H groups in total. The molecule has 1 aromatic carbocycles. The van der Waals surface area contributed by atoms with Crippen LogP contribution in [0.5, 0.6) is 0 Å². The Balaban J connectivity index is 1.80. The summed E-state index contributed by atoms with van der Waals surface area (Å²) in [6.45, 7) is 7.27. The molecule has 0 saturated carbocycles. The van der Waals surface area contributed by atoms with Gasteiger partial charge in [-0.1, -0.05) is 43.3 Å². The van der Waals surface area contributed by atoms with Crippen molar-refractivity contribution in [1.82, 2.24) is 20.4 Å². The van der Waals surface area contributed by atoms with E-state index in [0.29, 0.717) is 22.6 Å². The Kier molecular flexibility index (Phi) is 5.20. The summed E-state index contributed by atoms with van der Waals surface area (Å²) in [7, 11) is 0. The van der Waals surface area contributed by atoms with Gasteiger partial charge in [-0.05, 0) is 37.0 Å². The quantitative estimate of drug-likeness (QED) is 0.556. The number of rotatable bonds is 6. The third-order valence-electron chi connectivity index (χ3n) is 5.82. The molecule has 0 aliphatic carbocycles. The van der Waals surface area contributed by atoms with Gasteiger partial charge in [0.2, 0.25) is 5.82 Å². The molecule has 1 saturated heterocycles. The SMILES string of the molecule is CC(C)c1ccc([C@](O)(c2cncc(-c3noc(C(C)(C)O)n3)c2)C2(F)CNC2)cc1. The van der Waals surface area contributed by atoms with E-state index in [9.17, 15) is 10.2 Å². The summed E-state index contributed by atoms with van der Waals surface area (Å²) < 4.78 is 21.0. The summed E-state index contributed by atoms with van der Waals surface area (Å²) in [6, 6.07) is 8.96. The number of alkyl halides is 1.